The van der Waals surface area contributed by atoms with Crippen molar-refractivity contribution in [3.63, 3.8) is 0 Å². The van der Waals surface area contributed by atoms with Crippen LogP contribution in [0, 0.1) is 3.57 Å². The number of nitrogens with one attached hydrogen (secondary N) is 2. The summed E-state index contributed by atoms with van der Waals surface area (Å²) in [6, 6.07) is 7.62. The summed E-state index contributed by atoms with van der Waals surface area (Å²) in [5.74, 6) is 0.949. The molecule has 0 aliphatic heterocycles. The molecule has 7 heteroatoms. The first-order valence-corrected chi connectivity index (χ1v) is 9.09. The van der Waals surface area contributed by atoms with Crippen LogP contribution >= 0.6 is 34.4 Å². The third-order valence-corrected chi connectivity index (χ3v) is 3.95. The molecule has 0 saturated heterocycles. The summed E-state index contributed by atoms with van der Waals surface area (Å²) < 4.78 is 6.24. The topological polar surface area (TPSA) is 67.4 Å². The van der Waals surface area contributed by atoms with Gasteiger partial charge < -0.3 is 15.4 Å². The molecule has 1 aromatic rings. The van der Waals surface area contributed by atoms with Gasteiger partial charge >= 0.3 is 6.09 Å². The standard InChI is InChI=1S/C15H21IN2O3S/c1-15(2,3)21-14(20)17-8-9-22-10-13(19)18-12-6-4-11(16)5-7-12/h4-7H,8-10H2,1-3H3,(H,17,20)(H,18,19). The van der Waals surface area contributed by atoms with Crippen molar-refractivity contribution in [2.24, 2.45) is 0 Å². The van der Waals surface area contributed by atoms with E-state index in [9.17, 15) is 9.59 Å². The van der Waals surface area contributed by atoms with Crippen LogP contribution in [0.15, 0.2) is 24.3 Å². The van der Waals surface area contributed by atoms with Gasteiger partial charge in [0.2, 0.25) is 5.91 Å². The minimum atomic E-state index is -0.495. The van der Waals surface area contributed by atoms with Gasteiger partial charge in [0.25, 0.3) is 0 Å². The van der Waals surface area contributed by atoms with Gasteiger partial charge in [-0.1, -0.05) is 0 Å². The fraction of sp³-hybridized carbons (Fsp3) is 0.467. The molecule has 1 aromatic carbocycles. The zero-order valence-electron chi connectivity index (χ0n) is 12.9. The van der Waals surface area contributed by atoms with E-state index in [1.54, 1.807) is 0 Å². The lowest BCUT2D eigenvalue weighted by atomic mass is 10.2. The van der Waals surface area contributed by atoms with E-state index in [-0.39, 0.29) is 5.91 Å². The second kappa shape index (κ2) is 9.24. The Balaban J connectivity index is 2.13. The first-order valence-electron chi connectivity index (χ1n) is 6.86. The SMILES string of the molecule is CC(C)(C)OC(=O)NCCSCC(=O)Nc1ccc(I)cc1. The first kappa shape index (κ1) is 19.1. The van der Waals surface area contributed by atoms with E-state index in [0.717, 1.165) is 9.26 Å². The number of hydrogen-bond donors (Lipinski definition) is 2. The summed E-state index contributed by atoms with van der Waals surface area (Å²) in [6.45, 7) is 5.92. The highest BCUT2D eigenvalue weighted by Crippen LogP contribution is 2.11. The second-order valence-electron chi connectivity index (χ2n) is 5.54. The quantitative estimate of drug-likeness (QED) is 0.530. The number of anilines is 1. The lowest BCUT2D eigenvalue weighted by Crippen LogP contribution is -2.33. The van der Waals surface area contributed by atoms with Gasteiger partial charge in [-0.2, -0.15) is 11.8 Å². The maximum absolute atomic E-state index is 11.7. The summed E-state index contributed by atoms with van der Waals surface area (Å²) in [6.07, 6.45) is -0.434. The molecule has 2 amide bonds. The third kappa shape index (κ3) is 9.14. The van der Waals surface area contributed by atoms with Crippen molar-refractivity contribution in [1.29, 1.82) is 0 Å². The Bertz CT molecular complexity index is 501. The lowest BCUT2D eigenvalue weighted by molar-refractivity contribution is -0.113. The minimum absolute atomic E-state index is 0.0523. The molecule has 0 unspecified atom stereocenters. The van der Waals surface area contributed by atoms with E-state index >= 15 is 0 Å². The van der Waals surface area contributed by atoms with Gasteiger partial charge in [0.1, 0.15) is 5.60 Å². The lowest BCUT2D eigenvalue weighted by Gasteiger charge is -2.19. The smallest absolute Gasteiger partial charge is 0.407 e. The molecule has 2 N–H and O–H groups in total. The van der Waals surface area contributed by atoms with Gasteiger partial charge in [0, 0.05) is 21.6 Å². The molecule has 1 rings (SSSR count). The van der Waals surface area contributed by atoms with Crippen molar-refractivity contribution < 1.29 is 14.3 Å². The Morgan fingerprint density at radius 2 is 1.86 bits per heavy atom. The summed E-state index contributed by atoms with van der Waals surface area (Å²) >= 11 is 3.67. The number of rotatable bonds is 6. The molecule has 0 spiro atoms. The Morgan fingerprint density at radius 1 is 1.23 bits per heavy atom. The summed E-state index contributed by atoms with van der Waals surface area (Å²) in [5.41, 5.74) is 0.294. The summed E-state index contributed by atoms with van der Waals surface area (Å²) in [4.78, 5) is 23.1. The predicted octanol–water partition coefficient (Wildman–Crippen LogP) is 3.49. The average molecular weight is 436 g/mol. The number of carbonyl (C=O) groups is 2. The van der Waals surface area contributed by atoms with Gasteiger partial charge in [-0.05, 0) is 67.6 Å². The van der Waals surface area contributed by atoms with Crippen molar-refractivity contribution in [1.82, 2.24) is 5.32 Å². The van der Waals surface area contributed by atoms with Gasteiger partial charge in [-0.3, -0.25) is 4.79 Å². The van der Waals surface area contributed by atoms with E-state index in [2.05, 4.69) is 33.2 Å². The van der Waals surface area contributed by atoms with E-state index < -0.39 is 11.7 Å². The van der Waals surface area contributed by atoms with Crippen LogP contribution in [-0.2, 0) is 9.53 Å². The number of thioether (sulfide) groups is 1. The van der Waals surface area contributed by atoms with Crippen molar-refractivity contribution in [2.75, 3.05) is 23.4 Å². The number of benzene rings is 1. The predicted molar refractivity (Wildman–Crippen MR) is 99.4 cm³/mol. The van der Waals surface area contributed by atoms with Crippen LogP contribution in [-0.4, -0.2) is 35.7 Å². The van der Waals surface area contributed by atoms with Gasteiger partial charge in [-0.15, -0.1) is 0 Å². The molecule has 0 saturated carbocycles. The molecule has 22 heavy (non-hydrogen) atoms. The van der Waals surface area contributed by atoms with Crippen LogP contribution in [0.4, 0.5) is 10.5 Å². The van der Waals surface area contributed by atoms with Crippen LogP contribution in [0.2, 0.25) is 0 Å². The number of hydrogen-bond acceptors (Lipinski definition) is 4. The van der Waals surface area contributed by atoms with Crippen LogP contribution in [0.25, 0.3) is 0 Å². The van der Waals surface area contributed by atoms with Crippen LogP contribution in [0.3, 0.4) is 0 Å². The maximum atomic E-state index is 11.7. The molecule has 0 aromatic heterocycles. The van der Waals surface area contributed by atoms with Crippen molar-refractivity contribution in [3.8, 4) is 0 Å². The molecule has 0 fully saturated rings. The minimum Gasteiger partial charge on any atom is -0.444 e. The monoisotopic (exact) mass is 436 g/mol. The average Bonchev–Trinajstić information content (AvgIpc) is 2.39. The largest absolute Gasteiger partial charge is 0.444 e. The van der Waals surface area contributed by atoms with Crippen molar-refractivity contribution in [3.05, 3.63) is 27.8 Å². The zero-order chi connectivity index (χ0) is 16.6. The molecular weight excluding hydrogens is 415 g/mol. The number of halogens is 1. The van der Waals surface area contributed by atoms with Crippen molar-refractivity contribution >= 4 is 52.0 Å². The van der Waals surface area contributed by atoms with Gasteiger partial charge in [-0.25, -0.2) is 4.79 Å². The number of ether oxygens (including phenoxy) is 1. The van der Waals surface area contributed by atoms with E-state index in [0.29, 0.717) is 18.1 Å². The number of amides is 2. The van der Waals surface area contributed by atoms with E-state index in [4.69, 9.17) is 4.74 Å². The molecule has 0 radical (unpaired) electrons. The Morgan fingerprint density at radius 3 is 2.45 bits per heavy atom. The summed E-state index contributed by atoms with van der Waals surface area (Å²) in [7, 11) is 0. The molecule has 122 valence electrons. The van der Waals surface area contributed by atoms with E-state index in [1.165, 1.54) is 11.8 Å². The second-order valence-corrected chi connectivity index (χ2v) is 7.89. The molecule has 0 bridgehead atoms. The van der Waals surface area contributed by atoms with Crippen LogP contribution in [0.1, 0.15) is 20.8 Å². The third-order valence-electron chi connectivity index (χ3n) is 2.28. The molecule has 0 aliphatic carbocycles. The maximum Gasteiger partial charge on any atom is 0.407 e. The normalized spacial score (nSPS) is 10.9. The molecule has 0 atom stereocenters. The number of carbonyl (C=O) groups excluding carboxylic acids is 2. The molecule has 0 aliphatic rings. The molecule has 0 heterocycles. The first-order chi connectivity index (χ1) is 10.3. The van der Waals surface area contributed by atoms with E-state index in [1.807, 2.05) is 45.0 Å². The molecule has 5 nitrogen and oxygen atoms in total. The Hall–Kier alpha value is -0.960. The Labute approximate surface area is 149 Å². The molecular formula is C15H21IN2O3S. The van der Waals surface area contributed by atoms with Crippen LogP contribution < -0.4 is 10.6 Å². The van der Waals surface area contributed by atoms with Crippen LogP contribution in [0.5, 0.6) is 0 Å². The summed E-state index contributed by atoms with van der Waals surface area (Å²) in [5, 5.41) is 5.48. The zero-order valence-corrected chi connectivity index (χ0v) is 15.9. The highest BCUT2D eigenvalue weighted by atomic mass is 127. The Kier molecular flexibility index (Phi) is 8.02. The van der Waals surface area contributed by atoms with Gasteiger partial charge in [0.15, 0.2) is 0 Å². The van der Waals surface area contributed by atoms with Gasteiger partial charge in [0.05, 0.1) is 5.75 Å². The highest BCUT2D eigenvalue weighted by molar-refractivity contribution is 14.1. The fourth-order valence-electron chi connectivity index (χ4n) is 1.43. The fourth-order valence-corrected chi connectivity index (χ4v) is 2.44. The van der Waals surface area contributed by atoms with Crippen molar-refractivity contribution in [2.45, 2.75) is 26.4 Å². The number of alkyl carbamates (subject to hydrolysis) is 1. The highest BCUT2D eigenvalue weighted by Gasteiger charge is 2.15.